The first kappa shape index (κ1) is 22.9. The molecular weight excluding hydrogens is 456 g/mol. The zero-order chi connectivity index (χ0) is 23.2. The summed E-state index contributed by atoms with van der Waals surface area (Å²) in [5.41, 5.74) is 3.53. The van der Waals surface area contributed by atoms with Crippen molar-refractivity contribution in [3.63, 3.8) is 0 Å². The van der Waals surface area contributed by atoms with Crippen LogP contribution in [0.15, 0.2) is 78.0 Å². The average Bonchev–Trinajstić information content (AvgIpc) is 3.24. The van der Waals surface area contributed by atoms with Crippen molar-refractivity contribution < 1.29 is 9.53 Å². The Morgan fingerprint density at radius 3 is 2.45 bits per heavy atom. The molecule has 4 aromatic rings. The number of aromatic nitrogens is 3. The summed E-state index contributed by atoms with van der Waals surface area (Å²) in [6.45, 7) is 4.56. The number of ether oxygens (including phenoxy) is 1. The van der Waals surface area contributed by atoms with Crippen molar-refractivity contribution in [2.24, 2.45) is 0 Å². The highest BCUT2D eigenvalue weighted by atomic mass is 35.5. The van der Waals surface area contributed by atoms with Crippen molar-refractivity contribution in [1.29, 1.82) is 0 Å². The molecule has 4 rings (SSSR count). The Bertz CT molecular complexity index is 1240. The monoisotopic (exact) mass is 478 g/mol. The predicted molar refractivity (Wildman–Crippen MR) is 134 cm³/mol. The number of halogens is 1. The van der Waals surface area contributed by atoms with Gasteiger partial charge < -0.3 is 10.1 Å². The van der Waals surface area contributed by atoms with Crippen molar-refractivity contribution in [2.75, 3.05) is 17.7 Å². The number of nitrogens with zero attached hydrogens (tertiary/aromatic N) is 3. The summed E-state index contributed by atoms with van der Waals surface area (Å²) >= 11 is 7.76. The molecule has 1 heterocycles. The molecule has 0 saturated heterocycles. The molecule has 0 unspecified atom stereocenters. The van der Waals surface area contributed by atoms with Crippen LogP contribution in [0.3, 0.4) is 0 Å². The van der Waals surface area contributed by atoms with Gasteiger partial charge in [0.25, 0.3) is 0 Å². The summed E-state index contributed by atoms with van der Waals surface area (Å²) in [6, 6.07) is 22.9. The third-order valence-corrected chi connectivity index (χ3v) is 6.08. The molecule has 8 heteroatoms. The molecule has 168 valence electrons. The molecule has 33 heavy (non-hydrogen) atoms. The third-order valence-electron chi connectivity index (χ3n) is 4.82. The van der Waals surface area contributed by atoms with E-state index in [2.05, 4.69) is 15.5 Å². The first-order valence-corrected chi connectivity index (χ1v) is 11.8. The van der Waals surface area contributed by atoms with Gasteiger partial charge in [-0.05, 0) is 62.4 Å². The molecule has 3 aromatic carbocycles. The summed E-state index contributed by atoms with van der Waals surface area (Å²) in [5.74, 6) is 1.43. The van der Waals surface area contributed by atoms with Crippen LogP contribution in [-0.4, -0.2) is 33.0 Å². The fraction of sp³-hybridized carbons (Fsp3) is 0.160. The zero-order valence-electron chi connectivity index (χ0n) is 18.3. The largest absolute Gasteiger partial charge is 0.494 e. The number of nitrogens with one attached hydrogen (secondary N) is 1. The average molecular weight is 479 g/mol. The summed E-state index contributed by atoms with van der Waals surface area (Å²) in [5, 5.41) is 12.9. The summed E-state index contributed by atoms with van der Waals surface area (Å²) in [4.78, 5) is 12.6. The minimum atomic E-state index is -0.137. The molecular formula is C25H23ClN4O2S. The molecule has 1 N–H and O–H groups in total. The lowest BCUT2D eigenvalue weighted by Gasteiger charge is -2.12. The quantitative estimate of drug-likeness (QED) is 0.313. The molecule has 0 atom stereocenters. The van der Waals surface area contributed by atoms with Gasteiger partial charge in [-0.2, -0.15) is 0 Å². The molecule has 0 fully saturated rings. The molecule has 0 saturated carbocycles. The number of hydrogen-bond donors (Lipinski definition) is 1. The van der Waals surface area contributed by atoms with Gasteiger partial charge in [0.05, 0.1) is 17.4 Å². The van der Waals surface area contributed by atoms with E-state index in [9.17, 15) is 4.79 Å². The van der Waals surface area contributed by atoms with Gasteiger partial charge in [-0.25, -0.2) is 0 Å². The molecule has 1 aromatic heterocycles. The van der Waals surface area contributed by atoms with Crippen LogP contribution in [0, 0.1) is 6.92 Å². The zero-order valence-corrected chi connectivity index (χ0v) is 19.9. The van der Waals surface area contributed by atoms with Gasteiger partial charge in [0.1, 0.15) is 5.75 Å². The lowest BCUT2D eigenvalue weighted by Crippen LogP contribution is -2.14. The SMILES string of the molecule is CCOc1ccc(NC(=O)CSc2nnc(-c3ccccc3Cl)n2-c2ccc(C)cc2)cc1. The van der Waals surface area contributed by atoms with Crippen LogP contribution in [0.5, 0.6) is 5.75 Å². The van der Waals surface area contributed by atoms with Crippen LogP contribution in [0.4, 0.5) is 5.69 Å². The Hall–Kier alpha value is -3.29. The minimum absolute atomic E-state index is 0.137. The summed E-state index contributed by atoms with van der Waals surface area (Å²) in [7, 11) is 0. The van der Waals surface area contributed by atoms with Gasteiger partial charge in [-0.15, -0.1) is 10.2 Å². The van der Waals surface area contributed by atoms with Gasteiger partial charge in [-0.1, -0.05) is 53.2 Å². The fourth-order valence-corrected chi connectivity index (χ4v) is 4.21. The van der Waals surface area contributed by atoms with E-state index in [1.54, 1.807) is 0 Å². The van der Waals surface area contributed by atoms with Gasteiger partial charge in [0.15, 0.2) is 11.0 Å². The number of aryl methyl sites for hydroxylation is 1. The van der Waals surface area contributed by atoms with Crippen LogP contribution in [0.25, 0.3) is 17.1 Å². The highest BCUT2D eigenvalue weighted by molar-refractivity contribution is 7.99. The first-order valence-electron chi connectivity index (χ1n) is 10.5. The minimum Gasteiger partial charge on any atom is -0.494 e. The maximum atomic E-state index is 12.6. The van der Waals surface area contributed by atoms with Crippen LogP contribution < -0.4 is 10.1 Å². The number of benzene rings is 3. The molecule has 0 bridgehead atoms. The van der Waals surface area contributed by atoms with E-state index in [0.717, 1.165) is 22.6 Å². The van der Waals surface area contributed by atoms with Crippen molar-refractivity contribution in [2.45, 2.75) is 19.0 Å². The normalized spacial score (nSPS) is 10.8. The number of amides is 1. The maximum Gasteiger partial charge on any atom is 0.234 e. The lowest BCUT2D eigenvalue weighted by atomic mass is 10.2. The van der Waals surface area contributed by atoms with E-state index in [0.29, 0.717) is 28.3 Å². The van der Waals surface area contributed by atoms with Gasteiger partial charge >= 0.3 is 0 Å². The van der Waals surface area contributed by atoms with E-state index >= 15 is 0 Å². The Morgan fingerprint density at radius 1 is 1.03 bits per heavy atom. The number of carbonyl (C=O) groups excluding carboxylic acids is 1. The second-order valence-corrected chi connectivity index (χ2v) is 8.60. The smallest absolute Gasteiger partial charge is 0.234 e. The number of anilines is 1. The van der Waals surface area contributed by atoms with Crippen molar-refractivity contribution >= 4 is 35.0 Å². The maximum absolute atomic E-state index is 12.6. The van der Waals surface area contributed by atoms with Gasteiger partial charge in [0.2, 0.25) is 5.91 Å². The lowest BCUT2D eigenvalue weighted by molar-refractivity contribution is -0.113. The second kappa shape index (κ2) is 10.6. The number of hydrogen-bond acceptors (Lipinski definition) is 5. The van der Waals surface area contributed by atoms with Crippen LogP contribution >= 0.6 is 23.4 Å². The van der Waals surface area contributed by atoms with E-state index in [-0.39, 0.29) is 11.7 Å². The van der Waals surface area contributed by atoms with Crippen molar-refractivity contribution in [1.82, 2.24) is 14.8 Å². The summed E-state index contributed by atoms with van der Waals surface area (Å²) in [6.07, 6.45) is 0. The molecule has 0 spiro atoms. The number of carbonyl (C=O) groups is 1. The Balaban J connectivity index is 1.55. The number of thioether (sulfide) groups is 1. The Labute approximate surface area is 202 Å². The van der Waals surface area contributed by atoms with Crippen LogP contribution in [-0.2, 0) is 4.79 Å². The third kappa shape index (κ3) is 5.56. The van der Waals surface area contributed by atoms with Crippen molar-refractivity contribution in [3.05, 3.63) is 83.4 Å². The molecule has 0 aliphatic rings. The summed E-state index contributed by atoms with van der Waals surface area (Å²) < 4.78 is 7.36. The highest BCUT2D eigenvalue weighted by Crippen LogP contribution is 2.32. The fourth-order valence-electron chi connectivity index (χ4n) is 3.24. The van der Waals surface area contributed by atoms with E-state index in [1.807, 2.05) is 91.2 Å². The molecule has 0 aliphatic carbocycles. The van der Waals surface area contributed by atoms with E-state index in [1.165, 1.54) is 11.8 Å². The second-order valence-electron chi connectivity index (χ2n) is 7.25. The molecule has 0 aliphatic heterocycles. The predicted octanol–water partition coefficient (Wildman–Crippen LogP) is 6.03. The molecule has 1 amide bonds. The number of rotatable bonds is 8. The highest BCUT2D eigenvalue weighted by Gasteiger charge is 2.19. The van der Waals surface area contributed by atoms with Crippen molar-refractivity contribution in [3.8, 4) is 22.8 Å². The first-order chi connectivity index (χ1) is 16.0. The topological polar surface area (TPSA) is 69.0 Å². The molecule has 6 nitrogen and oxygen atoms in total. The Kier molecular flexibility index (Phi) is 7.32. The van der Waals surface area contributed by atoms with Gasteiger partial charge in [-0.3, -0.25) is 9.36 Å². The van der Waals surface area contributed by atoms with Gasteiger partial charge in [0, 0.05) is 16.9 Å². The van der Waals surface area contributed by atoms with E-state index < -0.39 is 0 Å². The van der Waals surface area contributed by atoms with E-state index in [4.69, 9.17) is 16.3 Å². The molecule has 0 radical (unpaired) electrons. The van der Waals surface area contributed by atoms with Crippen LogP contribution in [0.1, 0.15) is 12.5 Å². The Morgan fingerprint density at radius 2 is 1.76 bits per heavy atom. The standard InChI is InChI=1S/C25H23ClN4O2S/c1-3-32-20-14-10-18(11-15-20)27-23(31)16-33-25-29-28-24(21-6-4-5-7-22(21)26)30(25)19-12-8-17(2)9-13-19/h4-15H,3,16H2,1-2H3,(H,27,31). The van der Waals surface area contributed by atoms with Crippen LogP contribution in [0.2, 0.25) is 5.02 Å².